The summed E-state index contributed by atoms with van der Waals surface area (Å²) in [6.07, 6.45) is 1.23. The molecular weight excluding hydrogens is 102 g/mol. The summed E-state index contributed by atoms with van der Waals surface area (Å²) in [4.78, 5) is 0. The van der Waals surface area contributed by atoms with Crippen LogP contribution in [0.2, 0.25) is 0 Å². The average Bonchev–Trinajstić information content (AvgIpc) is 1.65. The molecule has 0 aliphatic heterocycles. The highest BCUT2D eigenvalue weighted by molar-refractivity contribution is 5.71. The maximum atomic E-state index is 6.65. The van der Waals surface area contributed by atoms with Gasteiger partial charge in [-0.25, -0.2) is 0 Å². The molecule has 2 heteroatoms. The molecule has 0 bridgehead atoms. The zero-order valence-electron chi connectivity index (χ0n) is 5.27. The number of hydrogen-bond acceptors (Lipinski definition) is 2. The van der Waals surface area contributed by atoms with Gasteiger partial charge < -0.3 is 10.1 Å². The van der Waals surface area contributed by atoms with E-state index in [0.29, 0.717) is 5.76 Å². The first-order valence-electron chi connectivity index (χ1n) is 2.53. The number of rotatable bonds is 3. The maximum absolute atomic E-state index is 6.65. The first kappa shape index (κ1) is 7.21. The largest absolute Gasteiger partial charge is 0.490 e. The topological polar surface area (TPSA) is 33.1 Å². The van der Waals surface area contributed by atoms with Gasteiger partial charge in [0, 0.05) is 0 Å². The molecule has 1 N–H and O–H groups in total. The third kappa shape index (κ3) is 3.40. The van der Waals surface area contributed by atoms with Crippen LogP contribution < -0.4 is 0 Å². The van der Waals surface area contributed by atoms with Crippen molar-refractivity contribution >= 4 is 6.21 Å². The summed E-state index contributed by atoms with van der Waals surface area (Å²) in [7, 11) is 0. The van der Waals surface area contributed by atoms with Crippen molar-refractivity contribution in [2.24, 2.45) is 0 Å². The van der Waals surface area contributed by atoms with E-state index in [2.05, 4.69) is 6.58 Å². The summed E-state index contributed by atoms with van der Waals surface area (Å²) >= 11 is 0. The van der Waals surface area contributed by atoms with Crippen LogP contribution in [0.25, 0.3) is 0 Å². The van der Waals surface area contributed by atoms with Crippen LogP contribution in [0.5, 0.6) is 0 Å². The summed E-state index contributed by atoms with van der Waals surface area (Å²) in [5.41, 5.74) is 0. The fourth-order valence-corrected chi connectivity index (χ4v) is 0.337. The van der Waals surface area contributed by atoms with Crippen LogP contribution in [-0.2, 0) is 4.74 Å². The van der Waals surface area contributed by atoms with Crippen molar-refractivity contribution in [3.63, 3.8) is 0 Å². The van der Waals surface area contributed by atoms with Crippen molar-refractivity contribution in [3.8, 4) is 0 Å². The predicted octanol–water partition coefficient (Wildman–Crippen LogP) is 1.57. The molecular formula is C6H11NO. The second-order valence-corrected chi connectivity index (χ2v) is 1.78. The van der Waals surface area contributed by atoms with Crippen molar-refractivity contribution in [3.05, 3.63) is 12.3 Å². The third-order valence-corrected chi connectivity index (χ3v) is 0.548. The normalized spacial score (nSPS) is 8.88. The molecule has 0 unspecified atom stereocenters. The van der Waals surface area contributed by atoms with Crippen LogP contribution in [0.3, 0.4) is 0 Å². The Labute approximate surface area is 49.7 Å². The molecule has 0 aliphatic rings. The summed E-state index contributed by atoms with van der Waals surface area (Å²) in [5.74, 6) is 0.417. The molecule has 0 spiro atoms. The SMILES string of the molecule is C=C(C=N)OC(C)C. The van der Waals surface area contributed by atoms with Crippen LogP contribution in [0, 0.1) is 5.41 Å². The van der Waals surface area contributed by atoms with Crippen molar-refractivity contribution in [1.29, 1.82) is 5.41 Å². The molecule has 0 amide bonds. The minimum atomic E-state index is 0.129. The van der Waals surface area contributed by atoms with Gasteiger partial charge in [0.2, 0.25) is 0 Å². The van der Waals surface area contributed by atoms with Crippen molar-refractivity contribution in [2.75, 3.05) is 0 Å². The Bertz CT molecular complexity index is 96.7. The molecule has 46 valence electrons. The van der Waals surface area contributed by atoms with Crippen molar-refractivity contribution < 1.29 is 4.74 Å². The minimum Gasteiger partial charge on any atom is -0.490 e. The fourth-order valence-electron chi connectivity index (χ4n) is 0.337. The second-order valence-electron chi connectivity index (χ2n) is 1.78. The van der Waals surface area contributed by atoms with Gasteiger partial charge in [-0.05, 0) is 13.8 Å². The van der Waals surface area contributed by atoms with E-state index in [1.54, 1.807) is 0 Å². The van der Waals surface area contributed by atoms with E-state index in [1.165, 1.54) is 0 Å². The van der Waals surface area contributed by atoms with Gasteiger partial charge in [-0.15, -0.1) is 0 Å². The Morgan fingerprint density at radius 2 is 2.25 bits per heavy atom. The fraction of sp³-hybridized carbons (Fsp3) is 0.500. The van der Waals surface area contributed by atoms with Crippen LogP contribution in [0.15, 0.2) is 12.3 Å². The highest BCUT2D eigenvalue weighted by atomic mass is 16.5. The summed E-state index contributed by atoms with van der Waals surface area (Å²) in [6.45, 7) is 7.24. The molecule has 0 atom stereocenters. The first-order chi connectivity index (χ1) is 3.66. The standard InChI is InChI=1S/C6H11NO/c1-5(2)8-6(3)4-7/h4-5,7H,3H2,1-2H3. The summed E-state index contributed by atoms with van der Waals surface area (Å²) < 4.78 is 4.96. The predicted molar refractivity (Wildman–Crippen MR) is 34.1 cm³/mol. The number of hydrogen-bond donors (Lipinski definition) is 1. The van der Waals surface area contributed by atoms with Gasteiger partial charge >= 0.3 is 0 Å². The molecule has 0 heterocycles. The number of allylic oxidation sites excluding steroid dienone is 1. The van der Waals surface area contributed by atoms with Crippen LogP contribution in [0.1, 0.15) is 13.8 Å². The van der Waals surface area contributed by atoms with E-state index in [1.807, 2.05) is 13.8 Å². The van der Waals surface area contributed by atoms with Crippen LogP contribution >= 0.6 is 0 Å². The van der Waals surface area contributed by atoms with Crippen molar-refractivity contribution in [2.45, 2.75) is 20.0 Å². The van der Waals surface area contributed by atoms with E-state index in [4.69, 9.17) is 10.1 Å². The highest BCUT2D eigenvalue weighted by Crippen LogP contribution is 1.94. The Kier molecular flexibility index (Phi) is 2.92. The second kappa shape index (κ2) is 3.24. The molecule has 2 nitrogen and oxygen atoms in total. The number of nitrogens with one attached hydrogen (secondary N) is 1. The minimum absolute atomic E-state index is 0.129. The zero-order valence-corrected chi connectivity index (χ0v) is 5.27. The quantitative estimate of drug-likeness (QED) is 0.437. The zero-order chi connectivity index (χ0) is 6.57. The molecule has 0 saturated heterocycles. The lowest BCUT2D eigenvalue weighted by atomic mass is 10.5. The van der Waals surface area contributed by atoms with Crippen LogP contribution in [0.4, 0.5) is 0 Å². The van der Waals surface area contributed by atoms with Gasteiger partial charge in [0.15, 0.2) is 0 Å². The smallest absolute Gasteiger partial charge is 0.130 e. The van der Waals surface area contributed by atoms with Gasteiger partial charge in [-0.1, -0.05) is 6.58 Å². The Hall–Kier alpha value is -0.790. The van der Waals surface area contributed by atoms with Gasteiger partial charge in [0.25, 0.3) is 0 Å². The molecule has 0 aliphatic carbocycles. The summed E-state index contributed by atoms with van der Waals surface area (Å²) in [5, 5.41) is 6.65. The monoisotopic (exact) mass is 113 g/mol. The van der Waals surface area contributed by atoms with Crippen LogP contribution in [-0.4, -0.2) is 12.3 Å². The molecule has 0 radical (unpaired) electrons. The molecule has 0 aromatic carbocycles. The molecule has 0 fully saturated rings. The molecule has 0 rings (SSSR count). The van der Waals surface area contributed by atoms with Crippen molar-refractivity contribution in [1.82, 2.24) is 0 Å². The molecule has 8 heavy (non-hydrogen) atoms. The lowest BCUT2D eigenvalue weighted by Gasteiger charge is -2.06. The maximum Gasteiger partial charge on any atom is 0.130 e. The highest BCUT2D eigenvalue weighted by Gasteiger charge is 1.91. The van der Waals surface area contributed by atoms with Gasteiger partial charge in [0.05, 0.1) is 12.3 Å². The Balaban J connectivity index is 3.39. The van der Waals surface area contributed by atoms with E-state index in [0.717, 1.165) is 6.21 Å². The third-order valence-electron chi connectivity index (χ3n) is 0.548. The lowest BCUT2D eigenvalue weighted by molar-refractivity contribution is 0.166. The Morgan fingerprint density at radius 1 is 1.75 bits per heavy atom. The first-order valence-corrected chi connectivity index (χ1v) is 2.53. The molecule has 0 saturated carbocycles. The summed E-state index contributed by atoms with van der Waals surface area (Å²) in [6, 6.07) is 0. The number of ether oxygens (including phenoxy) is 1. The average molecular weight is 113 g/mol. The van der Waals surface area contributed by atoms with Gasteiger partial charge in [-0.2, -0.15) is 0 Å². The van der Waals surface area contributed by atoms with Gasteiger partial charge in [0.1, 0.15) is 5.76 Å². The molecule has 0 aromatic heterocycles. The van der Waals surface area contributed by atoms with E-state index in [9.17, 15) is 0 Å². The van der Waals surface area contributed by atoms with E-state index in [-0.39, 0.29) is 6.10 Å². The van der Waals surface area contributed by atoms with Gasteiger partial charge in [-0.3, -0.25) is 0 Å². The Morgan fingerprint density at radius 3 is 2.38 bits per heavy atom. The van der Waals surface area contributed by atoms with E-state index < -0.39 is 0 Å². The molecule has 0 aromatic rings. The lowest BCUT2D eigenvalue weighted by Crippen LogP contribution is -2.01. The van der Waals surface area contributed by atoms with E-state index >= 15 is 0 Å².